The molecule has 1 saturated carbocycles. The first-order chi connectivity index (χ1) is 13.5. The van der Waals surface area contributed by atoms with Gasteiger partial charge < -0.3 is 10.6 Å². The minimum Gasteiger partial charge on any atom is -0.383 e. The van der Waals surface area contributed by atoms with Crippen molar-refractivity contribution in [1.82, 2.24) is 9.55 Å². The van der Waals surface area contributed by atoms with E-state index in [2.05, 4.69) is 4.98 Å². The normalized spacial score (nSPS) is 14.3. The van der Waals surface area contributed by atoms with Gasteiger partial charge in [-0.3, -0.25) is 19.1 Å². The first-order valence-electron chi connectivity index (χ1n) is 10.0. The van der Waals surface area contributed by atoms with E-state index in [0.717, 1.165) is 44.1 Å². The van der Waals surface area contributed by atoms with Crippen LogP contribution in [0.2, 0.25) is 0 Å². The van der Waals surface area contributed by atoms with Gasteiger partial charge >= 0.3 is 5.69 Å². The van der Waals surface area contributed by atoms with Gasteiger partial charge in [-0.05, 0) is 24.8 Å². The minimum atomic E-state index is -0.594. The number of aromatic amines is 1. The highest BCUT2D eigenvalue weighted by Crippen LogP contribution is 2.30. The van der Waals surface area contributed by atoms with Gasteiger partial charge in [0.05, 0.1) is 6.42 Å². The Hall–Kier alpha value is -2.83. The van der Waals surface area contributed by atoms with Crippen LogP contribution < -0.4 is 21.9 Å². The van der Waals surface area contributed by atoms with Gasteiger partial charge in [0, 0.05) is 12.6 Å². The number of H-pyrrole nitrogens is 1. The van der Waals surface area contributed by atoms with E-state index in [4.69, 9.17) is 5.73 Å². The molecule has 0 radical (unpaired) electrons. The minimum absolute atomic E-state index is 0.0725. The number of nitrogens with two attached hydrogens (primary N) is 1. The summed E-state index contributed by atoms with van der Waals surface area (Å²) in [6, 6.07) is 9.37. The van der Waals surface area contributed by atoms with Gasteiger partial charge in [-0.15, -0.1) is 0 Å². The number of hydrogen-bond acceptors (Lipinski definition) is 4. The number of rotatable bonds is 7. The second-order valence-electron chi connectivity index (χ2n) is 7.36. The highest BCUT2D eigenvalue weighted by atomic mass is 16.2. The van der Waals surface area contributed by atoms with Gasteiger partial charge in [-0.2, -0.15) is 0 Å². The van der Waals surface area contributed by atoms with Crippen LogP contribution in [0.1, 0.15) is 51.0 Å². The number of anilines is 2. The van der Waals surface area contributed by atoms with Crippen LogP contribution in [0, 0.1) is 0 Å². The zero-order valence-electron chi connectivity index (χ0n) is 16.3. The van der Waals surface area contributed by atoms with E-state index in [-0.39, 0.29) is 29.9 Å². The molecule has 7 nitrogen and oxygen atoms in total. The molecule has 1 aliphatic carbocycles. The first kappa shape index (κ1) is 19.9. The van der Waals surface area contributed by atoms with Crippen LogP contribution in [-0.4, -0.2) is 21.5 Å². The van der Waals surface area contributed by atoms with Crippen LogP contribution >= 0.6 is 0 Å². The number of carbonyl (C=O) groups is 1. The van der Waals surface area contributed by atoms with Crippen LogP contribution in [0.3, 0.4) is 0 Å². The predicted molar refractivity (Wildman–Crippen MR) is 111 cm³/mol. The molecule has 3 N–H and O–H groups in total. The number of nitrogens with zero attached hydrogens (tertiary/aromatic N) is 2. The van der Waals surface area contributed by atoms with Gasteiger partial charge in [0.2, 0.25) is 5.91 Å². The summed E-state index contributed by atoms with van der Waals surface area (Å²) in [6.45, 7) is 2.43. The van der Waals surface area contributed by atoms with Gasteiger partial charge in [0.25, 0.3) is 5.56 Å². The lowest BCUT2D eigenvalue weighted by Crippen LogP contribution is -2.46. The van der Waals surface area contributed by atoms with E-state index in [9.17, 15) is 14.4 Å². The molecule has 0 atom stereocenters. The smallest absolute Gasteiger partial charge is 0.330 e. The van der Waals surface area contributed by atoms with Crippen molar-refractivity contribution in [3.8, 4) is 0 Å². The molecule has 3 rings (SSSR count). The van der Waals surface area contributed by atoms with Crippen molar-refractivity contribution in [2.75, 3.05) is 10.6 Å². The molecule has 1 aromatic carbocycles. The SMILES string of the molecule is CCCCn1c(N)c(N(C(=O)Cc2ccccc2)C2CCCC2)c(=O)[nH]c1=O. The van der Waals surface area contributed by atoms with Crippen molar-refractivity contribution in [2.24, 2.45) is 0 Å². The van der Waals surface area contributed by atoms with Crippen LogP contribution in [-0.2, 0) is 17.8 Å². The second-order valence-corrected chi connectivity index (χ2v) is 7.36. The quantitative estimate of drug-likeness (QED) is 0.765. The summed E-state index contributed by atoms with van der Waals surface area (Å²) in [4.78, 5) is 42.1. The number of aromatic nitrogens is 2. The number of benzene rings is 1. The zero-order valence-corrected chi connectivity index (χ0v) is 16.3. The number of amides is 1. The molecule has 150 valence electrons. The Balaban J connectivity index is 2.04. The summed E-state index contributed by atoms with van der Waals surface area (Å²) in [5.41, 5.74) is 6.15. The molecule has 1 amide bonds. The monoisotopic (exact) mass is 384 g/mol. The maximum Gasteiger partial charge on any atom is 0.330 e. The Morgan fingerprint density at radius 1 is 1.21 bits per heavy atom. The third kappa shape index (κ3) is 4.18. The van der Waals surface area contributed by atoms with Gasteiger partial charge in [0.1, 0.15) is 5.82 Å². The Morgan fingerprint density at radius 3 is 2.54 bits per heavy atom. The van der Waals surface area contributed by atoms with E-state index in [1.54, 1.807) is 4.90 Å². The van der Waals surface area contributed by atoms with Crippen LogP contribution in [0.5, 0.6) is 0 Å². The molecule has 0 unspecified atom stereocenters. The molecule has 28 heavy (non-hydrogen) atoms. The fourth-order valence-corrected chi connectivity index (χ4v) is 3.88. The summed E-state index contributed by atoms with van der Waals surface area (Å²) in [5, 5.41) is 0. The highest BCUT2D eigenvalue weighted by Gasteiger charge is 2.32. The number of unbranched alkanes of at least 4 members (excludes halogenated alkanes) is 1. The van der Waals surface area contributed by atoms with E-state index in [1.165, 1.54) is 4.57 Å². The molecule has 1 aromatic heterocycles. The fourth-order valence-electron chi connectivity index (χ4n) is 3.88. The molecule has 1 fully saturated rings. The van der Waals surface area contributed by atoms with E-state index in [1.807, 2.05) is 37.3 Å². The van der Waals surface area contributed by atoms with Crippen LogP contribution in [0.4, 0.5) is 11.5 Å². The van der Waals surface area contributed by atoms with Crippen molar-refractivity contribution >= 4 is 17.4 Å². The third-order valence-electron chi connectivity index (χ3n) is 5.35. The van der Waals surface area contributed by atoms with Crippen molar-refractivity contribution in [2.45, 2.75) is 64.5 Å². The number of nitrogen functional groups attached to an aromatic ring is 1. The molecule has 0 saturated heterocycles. The van der Waals surface area contributed by atoms with Gasteiger partial charge in [0.15, 0.2) is 5.69 Å². The average molecular weight is 384 g/mol. The molecule has 1 heterocycles. The summed E-state index contributed by atoms with van der Waals surface area (Å²) in [6.07, 6.45) is 5.50. The Labute approximate surface area is 164 Å². The molecule has 1 aliphatic rings. The number of nitrogens with one attached hydrogen (secondary N) is 1. The summed E-state index contributed by atoms with van der Waals surface area (Å²) < 4.78 is 1.37. The predicted octanol–water partition coefficient (Wildman–Crippen LogP) is 2.44. The van der Waals surface area contributed by atoms with Gasteiger partial charge in [-0.25, -0.2) is 4.79 Å². The largest absolute Gasteiger partial charge is 0.383 e. The van der Waals surface area contributed by atoms with Crippen molar-refractivity contribution in [3.05, 3.63) is 56.7 Å². The molecule has 0 aliphatic heterocycles. The first-order valence-corrected chi connectivity index (χ1v) is 10.0. The molecule has 7 heteroatoms. The van der Waals surface area contributed by atoms with Crippen molar-refractivity contribution in [3.63, 3.8) is 0 Å². The standard InChI is InChI=1S/C21H28N4O3/c1-2-3-13-24-19(22)18(20(27)23-21(24)28)25(16-11-7-8-12-16)17(26)14-15-9-5-4-6-10-15/h4-6,9-10,16H,2-3,7-8,11-14,22H2,1H3,(H,23,27,28). The topological polar surface area (TPSA) is 101 Å². The highest BCUT2D eigenvalue weighted by molar-refractivity contribution is 5.97. The molecule has 0 spiro atoms. The molecular formula is C21H28N4O3. The third-order valence-corrected chi connectivity index (χ3v) is 5.35. The number of hydrogen-bond donors (Lipinski definition) is 2. The fraction of sp³-hybridized carbons (Fsp3) is 0.476. The summed E-state index contributed by atoms with van der Waals surface area (Å²) in [7, 11) is 0. The van der Waals surface area contributed by atoms with Gasteiger partial charge in [-0.1, -0.05) is 56.5 Å². The van der Waals surface area contributed by atoms with E-state index < -0.39 is 11.2 Å². The molecule has 0 bridgehead atoms. The molecular weight excluding hydrogens is 356 g/mol. The summed E-state index contributed by atoms with van der Waals surface area (Å²) in [5.74, 6) is -0.0912. The Kier molecular flexibility index (Phi) is 6.34. The maximum absolute atomic E-state index is 13.2. The lowest BCUT2D eigenvalue weighted by atomic mass is 10.1. The van der Waals surface area contributed by atoms with E-state index in [0.29, 0.717) is 6.54 Å². The zero-order chi connectivity index (χ0) is 20.1. The number of carbonyl (C=O) groups excluding carboxylic acids is 1. The van der Waals surface area contributed by atoms with Crippen molar-refractivity contribution in [1.29, 1.82) is 0 Å². The van der Waals surface area contributed by atoms with Crippen LogP contribution in [0.15, 0.2) is 39.9 Å². The molecule has 2 aromatic rings. The van der Waals surface area contributed by atoms with E-state index >= 15 is 0 Å². The summed E-state index contributed by atoms with van der Waals surface area (Å²) >= 11 is 0. The van der Waals surface area contributed by atoms with Crippen LogP contribution in [0.25, 0.3) is 0 Å². The Morgan fingerprint density at radius 2 is 1.89 bits per heavy atom. The second kappa shape index (κ2) is 8.91. The average Bonchev–Trinajstić information content (AvgIpc) is 3.19. The lowest BCUT2D eigenvalue weighted by Gasteiger charge is -2.30. The van der Waals surface area contributed by atoms with Crippen molar-refractivity contribution < 1.29 is 4.79 Å². The maximum atomic E-state index is 13.2. The lowest BCUT2D eigenvalue weighted by molar-refractivity contribution is -0.118. The Bertz CT molecular complexity index is 927.